The number of hydrogen-bond acceptors (Lipinski definition) is 7. The van der Waals surface area contributed by atoms with Crippen molar-refractivity contribution in [3.63, 3.8) is 0 Å². The Labute approximate surface area is 116 Å². The van der Waals surface area contributed by atoms with Gasteiger partial charge >= 0.3 is 0 Å². The molecule has 1 fully saturated rings. The number of anilines is 2. The van der Waals surface area contributed by atoms with Crippen LogP contribution in [-0.2, 0) is 6.61 Å². The molecule has 1 N–H and O–H groups in total. The summed E-state index contributed by atoms with van der Waals surface area (Å²) >= 11 is 0. The topological polar surface area (TPSA) is 78.3 Å². The average Bonchev–Trinajstić information content (AvgIpc) is 2.56. The highest BCUT2D eigenvalue weighted by atomic mass is 16.3. The first kappa shape index (κ1) is 12.7. The Morgan fingerprint density at radius 2 is 1.60 bits per heavy atom. The lowest BCUT2D eigenvalue weighted by molar-refractivity contribution is 0.276. The van der Waals surface area contributed by atoms with E-state index < -0.39 is 0 Å². The van der Waals surface area contributed by atoms with Gasteiger partial charge in [0.1, 0.15) is 5.82 Å². The predicted octanol–water partition coefficient (Wildman–Crippen LogP) is 0.0855. The molecule has 7 heteroatoms. The second-order valence-electron chi connectivity index (χ2n) is 4.55. The van der Waals surface area contributed by atoms with E-state index in [0.29, 0.717) is 5.69 Å². The summed E-state index contributed by atoms with van der Waals surface area (Å²) in [4.78, 5) is 21.3. The van der Waals surface area contributed by atoms with Gasteiger partial charge in [-0.1, -0.05) is 0 Å². The molecule has 2 aromatic heterocycles. The molecule has 1 aliphatic heterocycles. The quantitative estimate of drug-likeness (QED) is 0.848. The van der Waals surface area contributed by atoms with E-state index in [9.17, 15) is 0 Å². The van der Waals surface area contributed by atoms with Crippen molar-refractivity contribution in [2.45, 2.75) is 6.61 Å². The molecule has 0 bridgehead atoms. The third-order valence-electron chi connectivity index (χ3n) is 3.29. The highest BCUT2D eigenvalue weighted by molar-refractivity contribution is 5.40. The zero-order chi connectivity index (χ0) is 13.8. The summed E-state index contributed by atoms with van der Waals surface area (Å²) in [6.07, 6.45) is 6.84. The smallest absolute Gasteiger partial charge is 0.225 e. The number of aliphatic hydroxyl groups is 1. The van der Waals surface area contributed by atoms with Gasteiger partial charge in [0, 0.05) is 38.6 Å². The van der Waals surface area contributed by atoms with Crippen LogP contribution in [0.1, 0.15) is 5.69 Å². The lowest BCUT2D eigenvalue weighted by atomic mass is 10.3. The van der Waals surface area contributed by atoms with E-state index >= 15 is 0 Å². The van der Waals surface area contributed by atoms with Crippen molar-refractivity contribution < 1.29 is 5.11 Å². The first-order chi connectivity index (χ1) is 9.86. The maximum absolute atomic E-state index is 8.96. The standard InChI is InChI=1S/C13H16N6O/c20-10-11-8-17-12(9-16-11)18-4-6-19(7-5-18)13-14-2-1-3-15-13/h1-3,8-9,20H,4-7,10H2. The molecule has 104 valence electrons. The maximum Gasteiger partial charge on any atom is 0.225 e. The Balaban J connectivity index is 1.63. The molecule has 0 aliphatic carbocycles. The lowest BCUT2D eigenvalue weighted by Gasteiger charge is -2.35. The first-order valence-corrected chi connectivity index (χ1v) is 6.55. The zero-order valence-electron chi connectivity index (χ0n) is 11.1. The fourth-order valence-electron chi connectivity index (χ4n) is 2.18. The summed E-state index contributed by atoms with van der Waals surface area (Å²) < 4.78 is 0. The minimum Gasteiger partial charge on any atom is -0.390 e. The molecule has 20 heavy (non-hydrogen) atoms. The van der Waals surface area contributed by atoms with Crippen LogP contribution in [-0.4, -0.2) is 51.2 Å². The van der Waals surface area contributed by atoms with E-state index in [4.69, 9.17) is 5.11 Å². The third kappa shape index (κ3) is 2.67. The lowest BCUT2D eigenvalue weighted by Crippen LogP contribution is -2.47. The molecule has 0 unspecified atom stereocenters. The minimum atomic E-state index is -0.0770. The Bertz CT molecular complexity index is 539. The van der Waals surface area contributed by atoms with Crippen molar-refractivity contribution in [1.82, 2.24) is 19.9 Å². The summed E-state index contributed by atoms with van der Waals surface area (Å²) in [6, 6.07) is 1.82. The first-order valence-electron chi connectivity index (χ1n) is 6.55. The number of aliphatic hydroxyl groups excluding tert-OH is 1. The van der Waals surface area contributed by atoms with Crippen LogP contribution in [0.3, 0.4) is 0 Å². The van der Waals surface area contributed by atoms with Gasteiger partial charge in [0.15, 0.2) is 0 Å². The van der Waals surface area contributed by atoms with Crippen LogP contribution < -0.4 is 9.80 Å². The summed E-state index contributed by atoms with van der Waals surface area (Å²) in [5.41, 5.74) is 0.588. The molecule has 0 amide bonds. The highest BCUT2D eigenvalue weighted by Gasteiger charge is 2.19. The van der Waals surface area contributed by atoms with Crippen molar-refractivity contribution in [2.24, 2.45) is 0 Å². The van der Waals surface area contributed by atoms with Gasteiger partial charge in [-0.25, -0.2) is 15.0 Å². The van der Waals surface area contributed by atoms with Gasteiger partial charge in [0.25, 0.3) is 0 Å². The fourth-order valence-corrected chi connectivity index (χ4v) is 2.18. The number of piperazine rings is 1. The maximum atomic E-state index is 8.96. The van der Waals surface area contributed by atoms with Crippen LogP contribution in [0, 0.1) is 0 Å². The van der Waals surface area contributed by atoms with Crippen molar-refractivity contribution in [3.8, 4) is 0 Å². The largest absolute Gasteiger partial charge is 0.390 e. The molecule has 3 rings (SSSR count). The van der Waals surface area contributed by atoms with Gasteiger partial charge in [0.05, 0.1) is 24.7 Å². The van der Waals surface area contributed by atoms with E-state index in [1.165, 1.54) is 0 Å². The summed E-state index contributed by atoms with van der Waals surface area (Å²) in [6.45, 7) is 3.34. The van der Waals surface area contributed by atoms with Gasteiger partial charge in [-0.05, 0) is 6.07 Å². The van der Waals surface area contributed by atoms with Crippen molar-refractivity contribution in [1.29, 1.82) is 0 Å². The van der Waals surface area contributed by atoms with Crippen LogP contribution in [0.25, 0.3) is 0 Å². The van der Waals surface area contributed by atoms with Crippen molar-refractivity contribution >= 4 is 11.8 Å². The normalized spacial score (nSPS) is 15.4. The number of nitrogens with zero attached hydrogens (tertiary/aromatic N) is 6. The van der Waals surface area contributed by atoms with Crippen LogP contribution in [0.2, 0.25) is 0 Å². The molecule has 2 aromatic rings. The molecule has 3 heterocycles. The van der Waals surface area contributed by atoms with Crippen LogP contribution in [0.5, 0.6) is 0 Å². The number of rotatable bonds is 3. The zero-order valence-corrected chi connectivity index (χ0v) is 11.1. The Hall–Kier alpha value is -2.28. The molecule has 7 nitrogen and oxygen atoms in total. The van der Waals surface area contributed by atoms with Crippen molar-refractivity contribution in [3.05, 3.63) is 36.5 Å². The SMILES string of the molecule is OCc1cnc(N2CCN(c3ncccn3)CC2)cn1. The highest BCUT2D eigenvalue weighted by Crippen LogP contribution is 2.15. The van der Waals surface area contributed by atoms with Gasteiger partial charge in [-0.3, -0.25) is 4.98 Å². The summed E-state index contributed by atoms with van der Waals surface area (Å²) in [5.74, 6) is 1.62. The average molecular weight is 272 g/mol. The van der Waals surface area contributed by atoms with E-state index in [0.717, 1.165) is 37.9 Å². The van der Waals surface area contributed by atoms with Crippen molar-refractivity contribution in [2.75, 3.05) is 36.0 Å². The van der Waals surface area contributed by atoms with E-state index in [1.54, 1.807) is 24.8 Å². The fraction of sp³-hybridized carbons (Fsp3) is 0.385. The van der Waals surface area contributed by atoms with Gasteiger partial charge in [0.2, 0.25) is 5.95 Å². The van der Waals surface area contributed by atoms with E-state index in [-0.39, 0.29) is 6.61 Å². The number of hydrogen-bond donors (Lipinski definition) is 1. The van der Waals surface area contributed by atoms with E-state index in [2.05, 4.69) is 29.7 Å². The van der Waals surface area contributed by atoms with E-state index in [1.807, 2.05) is 6.07 Å². The van der Waals surface area contributed by atoms with Gasteiger partial charge < -0.3 is 14.9 Å². The van der Waals surface area contributed by atoms with Crippen LogP contribution in [0.15, 0.2) is 30.9 Å². The van der Waals surface area contributed by atoms with Crippen LogP contribution >= 0.6 is 0 Å². The second kappa shape index (κ2) is 5.79. The minimum absolute atomic E-state index is 0.0770. The summed E-state index contributed by atoms with van der Waals surface area (Å²) in [7, 11) is 0. The Morgan fingerprint density at radius 3 is 2.20 bits per heavy atom. The molecule has 0 radical (unpaired) electrons. The monoisotopic (exact) mass is 272 g/mol. The molecular formula is C13H16N6O. The predicted molar refractivity (Wildman–Crippen MR) is 74.4 cm³/mol. The Morgan fingerprint density at radius 1 is 0.900 bits per heavy atom. The van der Waals surface area contributed by atoms with Gasteiger partial charge in [-0.2, -0.15) is 0 Å². The Kier molecular flexibility index (Phi) is 3.69. The number of aromatic nitrogens is 4. The molecular weight excluding hydrogens is 256 g/mol. The molecule has 0 saturated carbocycles. The van der Waals surface area contributed by atoms with Gasteiger partial charge in [-0.15, -0.1) is 0 Å². The molecule has 0 spiro atoms. The molecule has 1 aliphatic rings. The molecule has 1 saturated heterocycles. The second-order valence-corrected chi connectivity index (χ2v) is 4.55. The third-order valence-corrected chi connectivity index (χ3v) is 3.29. The van der Waals surface area contributed by atoms with Crippen LogP contribution in [0.4, 0.5) is 11.8 Å². The molecule has 0 aromatic carbocycles. The molecule has 0 atom stereocenters. The summed E-state index contributed by atoms with van der Waals surface area (Å²) in [5, 5.41) is 8.96.